The molecule has 5 nitrogen and oxygen atoms in total. The Balaban J connectivity index is 2.17. The van der Waals surface area contributed by atoms with Crippen LogP contribution >= 0.6 is 0 Å². The molecule has 0 fully saturated rings. The second-order valence-corrected chi connectivity index (χ2v) is 5.98. The quantitative estimate of drug-likeness (QED) is 0.803. The highest BCUT2D eigenvalue weighted by atomic mass is 16.2. The molecule has 3 aromatic rings. The number of benzene rings is 1. The fourth-order valence-corrected chi connectivity index (χ4v) is 2.62. The van der Waals surface area contributed by atoms with E-state index in [0.717, 1.165) is 10.9 Å². The molecule has 122 valence electrons. The lowest BCUT2D eigenvalue weighted by atomic mass is 10.1. The zero-order valence-electron chi connectivity index (χ0n) is 13.7. The highest BCUT2D eigenvalue weighted by molar-refractivity contribution is 5.97. The number of pyridine rings is 2. The van der Waals surface area contributed by atoms with E-state index in [9.17, 15) is 9.59 Å². The van der Waals surface area contributed by atoms with Crippen LogP contribution in [0.5, 0.6) is 0 Å². The lowest BCUT2D eigenvalue weighted by molar-refractivity contribution is 0.0941. The summed E-state index contributed by atoms with van der Waals surface area (Å²) in [6, 6.07) is 14.9. The van der Waals surface area contributed by atoms with E-state index in [2.05, 4.69) is 10.3 Å². The molecule has 0 bridgehead atoms. The first-order valence-electron chi connectivity index (χ1n) is 7.89. The number of fused-ring (bicyclic) bond motifs is 1. The fraction of sp³-hybridized carbons (Fsp3) is 0.211. The van der Waals surface area contributed by atoms with Gasteiger partial charge in [-0.05, 0) is 37.6 Å². The van der Waals surface area contributed by atoms with Crippen LogP contribution in [0.15, 0.2) is 59.5 Å². The molecular weight excluding hydrogens is 302 g/mol. The van der Waals surface area contributed by atoms with Crippen LogP contribution in [0.2, 0.25) is 0 Å². The summed E-state index contributed by atoms with van der Waals surface area (Å²) < 4.78 is 1.56. The third kappa shape index (κ3) is 3.20. The number of hydrogen-bond acceptors (Lipinski definition) is 3. The Morgan fingerprint density at radius 2 is 1.92 bits per heavy atom. The van der Waals surface area contributed by atoms with Crippen molar-refractivity contribution in [2.45, 2.75) is 26.4 Å². The van der Waals surface area contributed by atoms with Gasteiger partial charge in [-0.15, -0.1) is 0 Å². The summed E-state index contributed by atoms with van der Waals surface area (Å²) in [6.07, 6.45) is 1.65. The first kappa shape index (κ1) is 15.9. The molecule has 2 aromatic heterocycles. The van der Waals surface area contributed by atoms with Crippen LogP contribution in [-0.4, -0.2) is 21.5 Å². The largest absolute Gasteiger partial charge is 0.350 e. The molecule has 3 rings (SSSR count). The van der Waals surface area contributed by atoms with Gasteiger partial charge in [-0.2, -0.15) is 0 Å². The van der Waals surface area contributed by atoms with Crippen molar-refractivity contribution in [3.05, 3.63) is 76.2 Å². The Morgan fingerprint density at radius 1 is 1.17 bits per heavy atom. The van der Waals surface area contributed by atoms with E-state index in [4.69, 9.17) is 0 Å². The Bertz CT molecular complexity index is 930. The molecule has 0 saturated carbocycles. The van der Waals surface area contributed by atoms with Gasteiger partial charge in [0.05, 0.1) is 6.54 Å². The topological polar surface area (TPSA) is 64.0 Å². The molecule has 0 saturated heterocycles. The molecule has 0 aliphatic rings. The van der Waals surface area contributed by atoms with Crippen molar-refractivity contribution in [1.29, 1.82) is 0 Å². The summed E-state index contributed by atoms with van der Waals surface area (Å²) in [5, 5.41) is 3.55. The Morgan fingerprint density at radius 3 is 2.62 bits per heavy atom. The molecule has 0 spiro atoms. The summed E-state index contributed by atoms with van der Waals surface area (Å²) in [4.78, 5) is 29.6. The maximum atomic E-state index is 12.9. The van der Waals surface area contributed by atoms with Crippen LogP contribution in [0.1, 0.15) is 29.8 Å². The van der Waals surface area contributed by atoms with Crippen LogP contribution in [0.4, 0.5) is 0 Å². The van der Waals surface area contributed by atoms with Gasteiger partial charge >= 0.3 is 0 Å². The third-order valence-corrected chi connectivity index (χ3v) is 3.70. The van der Waals surface area contributed by atoms with E-state index in [-0.39, 0.29) is 23.1 Å². The molecule has 0 unspecified atom stereocenters. The van der Waals surface area contributed by atoms with Crippen molar-refractivity contribution >= 4 is 16.9 Å². The number of hydrogen-bond donors (Lipinski definition) is 1. The van der Waals surface area contributed by atoms with Gasteiger partial charge in [0.1, 0.15) is 11.2 Å². The van der Waals surface area contributed by atoms with Gasteiger partial charge in [-0.1, -0.05) is 30.3 Å². The van der Waals surface area contributed by atoms with E-state index < -0.39 is 0 Å². The third-order valence-electron chi connectivity index (χ3n) is 3.70. The van der Waals surface area contributed by atoms with E-state index in [1.807, 2.05) is 50.2 Å². The Kier molecular flexibility index (Phi) is 4.42. The van der Waals surface area contributed by atoms with Crippen molar-refractivity contribution < 1.29 is 4.79 Å². The normalized spacial score (nSPS) is 11.0. The van der Waals surface area contributed by atoms with E-state index >= 15 is 0 Å². The first-order valence-corrected chi connectivity index (χ1v) is 7.89. The zero-order valence-corrected chi connectivity index (χ0v) is 13.7. The summed E-state index contributed by atoms with van der Waals surface area (Å²) in [7, 11) is 0. The molecule has 1 amide bonds. The van der Waals surface area contributed by atoms with Gasteiger partial charge in [0.15, 0.2) is 0 Å². The van der Waals surface area contributed by atoms with Gasteiger partial charge in [0.2, 0.25) is 0 Å². The molecular formula is C19H19N3O2. The average Bonchev–Trinajstić information content (AvgIpc) is 2.57. The molecule has 2 heterocycles. The number of aromatic nitrogens is 2. The Hall–Kier alpha value is -2.95. The molecule has 0 aliphatic carbocycles. The summed E-state index contributed by atoms with van der Waals surface area (Å²) in [6.45, 7) is 4.10. The van der Waals surface area contributed by atoms with Crippen molar-refractivity contribution in [3.8, 4) is 0 Å². The van der Waals surface area contributed by atoms with Crippen molar-refractivity contribution in [3.63, 3.8) is 0 Å². The number of nitrogens with zero attached hydrogens (tertiary/aromatic N) is 2. The van der Waals surface area contributed by atoms with Gasteiger partial charge in [-0.25, -0.2) is 4.98 Å². The minimum atomic E-state index is -0.359. The number of nitrogens with one attached hydrogen (secondary N) is 1. The van der Waals surface area contributed by atoms with Crippen molar-refractivity contribution in [1.82, 2.24) is 14.9 Å². The minimum Gasteiger partial charge on any atom is -0.350 e. The van der Waals surface area contributed by atoms with Gasteiger partial charge in [0, 0.05) is 17.6 Å². The SMILES string of the molecule is CC(C)NC(=O)c1cc2cccnc2n(Cc2ccccc2)c1=O. The molecule has 5 heteroatoms. The predicted molar refractivity (Wildman–Crippen MR) is 94.1 cm³/mol. The van der Waals surface area contributed by atoms with E-state index in [0.29, 0.717) is 12.2 Å². The van der Waals surface area contributed by atoms with Crippen molar-refractivity contribution in [2.24, 2.45) is 0 Å². The average molecular weight is 321 g/mol. The smallest absolute Gasteiger partial charge is 0.265 e. The summed E-state index contributed by atoms with van der Waals surface area (Å²) in [5.41, 5.74) is 1.36. The molecule has 1 aromatic carbocycles. The Labute approximate surface area is 140 Å². The van der Waals surface area contributed by atoms with Crippen LogP contribution in [0.25, 0.3) is 11.0 Å². The lowest BCUT2D eigenvalue weighted by Crippen LogP contribution is -2.36. The monoisotopic (exact) mass is 321 g/mol. The number of carbonyl (C=O) groups is 1. The van der Waals surface area contributed by atoms with Gasteiger partial charge in [-0.3, -0.25) is 14.2 Å². The number of rotatable bonds is 4. The van der Waals surface area contributed by atoms with E-state index in [1.54, 1.807) is 22.9 Å². The first-order chi connectivity index (χ1) is 11.6. The number of carbonyl (C=O) groups excluding carboxylic acids is 1. The zero-order chi connectivity index (χ0) is 17.1. The molecule has 0 radical (unpaired) electrons. The summed E-state index contributed by atoms with van der Waals surface area (Å²) in [5.74, 6) is -0.359. The highest BCUT2D eigenvalue weighted by Crippen LogP contribution is 2.13. The van der Waals surface area contributed by atoms with Crippen molar-refractivity contribution in [2.75, 3.05) is 0 Å². The number of amides is 1. The van der Waals surface area contributed by atoms with Crippen LogP contribution in [0.3, 0.4) is 0 Å². The predicted octanol–water partition coefficient (Wildman–Crippen LogP) is 2.58. The van der Waals surface area contributed by atoms with Crippen LogP contribution < -0.4 is 10.9 Å². The lowest BCUT2D eigenvalue weighted by Gasteiger charge is -2.13. The van der Waals surface area contributed by atoms with E-state index in [1.165, 1.54) is 0 Å². The highest BCUT2D eigenvalue weighted by Gasteiger charge is 2.17. The van der Waals surface area contributed by atoms with Gasteiger partial charge in [0.25, 0.3) is 11.5 Å². The maximum Gasteiger partial charge on any atom is 0.265 e. The summed E-state index contributed by atoms with van der Waals surface area (Å²) >= 11 is 0. The second-order valence-electron chi connectivity index (χ2n) is 5.98. The molecule has 0 atom stereocenters. The molecule has 1 N–H and O–H groups in total. The minimum absolute atomic E-state index is 0.0379. The standard InChI is InChI=1S/C19H19N3O2/c1-13(2)21-18(23)16-11-15-9-6-10-20-17(15)22(19(16)24)12-14-7-4-3-5-8-14/h3-11,13H,12H2,1-2H3,(H,21,23). The second kappa shape index (κ2) is 6.66. The molecule has 0 aliphatic heterocycles. The van der Waals surface area contributed by atoms with Gasteiger partial charge < -0.3 is 5.32 Å². The fourth-order valence-electron chi connectivity index (χ4n) is 2.62. The maximum absolute atomic E-state index is 12.9. The van der Waals surface area contributed by atoms with Crippen LogP contribution in [0, 0.1) is 0 Å². The molecule has 24 heavy (non-hydrogen) atoms. The van der Waals surface area contributed by atoms with Crippen LogP contribution in [-0.2, 0) is 6.54 Å².